The molecule has 1 fully saturated rings. The summed E-state index contributed by atoms with van der Waals surface area (Å²) in [6.45, 7) is -0.241. The molecule has 14 heteroatoms. The lowest BCUT2D eigenvalue weighted by atomic mass is 10.1. The third-order valence-electron chi connectivity index (χ3n) is 5.42. The molecule has 4 rings (SSSR count). The van der Waals surface area contributed by atoms with E-state index in [-0.39, 0.29) is 40.8 Å². The number of furan rings is 1. The van der Waals surface area contributed by atoms with Gasteiger partial charge in [-0.3, -0.25) is 8.98 Å². The number of aliphatic hydroxyl groups is 2. The molecular weight excluding hydrogens is 508 g/mol. The number of anilines is 1. The summed E-state index contributed by atoms with van der Waals surface area (Å²) in [5.41, 5.74) is 0.687. The van der Waals surface area contributed by atoms with Gasteiger partial charge in [0.05, 0.1) is 23.2 Å². The Morgan fingerprint density at radius 1 is 1.41 bits per heavy atom. The first-order valence-corrected chi connectivity index (χ1v) is 12.8. The van der Waals surface area contributed by atoms with Crippen molar-refractivity contribution in [3.8, 4) is 0 Å². The van der Waals surface area contributed by atoms with Crippen LogP contribution in [0.25, 0.3) is 0 Å². The smallest absolute Gasteiger partial charge is 0.333 e. The molecule has 11 nitrogen and oxygen atoms in total. The predicted octanol–water partition coefficient (Wildman–Crippen LogP) is 1.87. The number of halogens is 1. The van der Waals surface area contributed by atoms with Crippen LogP contribution >= 0.6 is 22.9 Å². The summed E-state index contributed by atoms with van der Waals surface area (Å²) in [4.78, 5) is 21.6. The third kappa shape index (κ3) is 5.81. The molecule has 0 saturated heterocycles. The number of thiophene rings is 1. The molecule has 3 aromatic heterocycles. The maximum atomic E-state index is 13.2. The first kappa shape index (κ1) is 24.7. The van der Waals surface area contributed by atoms with Gasteiger partial charge in [0.15, 0.2) is 5.22 Å². The molecule has 182 valence electrons. The molecule has 1 aliphatic carbocycles. The Bertz CT molecular complexity index is 1280. The van der Waals surface area contributed by atoms with Crippen LogP contribution in [-0.4, -0.2) is 53.1 Å². The van der Waals surface area contributed by atoms with Crippen molar-refractivity contribution in [2.45, 2.75) is 31.1 Å². The van der Waals surface area contributed by atoms with Crippen LogP contribution in [0.5, 0.6) is 0 Å². The zero-order chi connectivity index (χ0) is 24.5. The number of hydrogen-bond donors (Lipinski definition) is 4. The van der Waals surface area contributed by atoms with Crippen molar-refractivity contribution >= 4 is 44.8 Å². The van der Waals surface area contributed by atoms with Crippen LogP contribution in [0.2, 0.25) is 5.22 Å². The molecule has 3 heterocycles. The number of ketones is 1. The van der Waals surface area contributed by atoms with Crippen LogP contribution in [0, 0.1) is 5.92 Å². The molecule has 0 spiro atoms. The lowest BCUT2D eigenvalue weighted by Gasteiger charge is -2.15. The highest BCUT2D eigenvalue weighted by Gasteiger charge is 2.35. The van der Waals surface area contributed by atoms with E-state index in [1.165, 1.54) is 18.6 Å². The Kier molecular flexibility index (Phi) is 7.33. The number of aliphatic hydroxyl groups excluding tert-OH is 2. The van der Waals surface area contributed by atoms with Crippen molar-refractivity contribution < 1.29 is 32.0 Å². The zero-order valence-electron chi connectivity index (χ0n) is 17.5. The van der Waals surface area contributed by atoms with Gasteiger partial charge in [-0.25, -0.2) is 15.1 Å². The highest BCUT2D eigenvalue weighted by Crippen LogP contribution is 2.32. The molecule has 1 saturated carbocycles. The average Bonchev–Trinajstić information content (AvgIpc) is 3.51. The second-order valence-corrected chi connectivity index (χ2v) is 10.3. The van der Waals surface area contributed by atoms with Gasteiger partial charge in [-0.05, 0) is 53.6 Å². The van der Waals surface area contributed by atoms with E-state index in [1.807, 2.05) is 0 Å². The molecule has 4 atom stereocenters. The average molecular weight is 529 g/mol. The van der Waals surface area contributed by atoms with Gasteiger partial charge < -0.3 is 19.9 Å². The van der Waals surface area contributed by atoms with Crippen molar-refractivity contribution in [1.82, 2.24) is 9.97 Å². The normalized spacial score (nSPS) is 21.5. The summed E-state index contributed by atoms with van der Waals surface area (Å²) in [5.74, 6) is -0.267. The molecule has 3 aromatic rings. The Morgan fingerprint density at radius 3 is 2.91 bits per heavy atom. The van der Waals surface area contributed by atoms with Crippen molar-refractivity contribution in [2.75, 3.05) is 11.9 Å². The fraction of sp³-hybridized carbons (Fsp3) is 0.350. The molecule has 0 aromatic carbocycles. The summed E-state index contributed by atoms with van der Waals surface area (Å²) >= 11 is 6.92. The van der Waals surface area contributed by atoms with Gasteiger partial charge in [-0.1, -0.05) is 0 Å². The summed E-state index contributed by atoms with van der Waals surface area (Å²) in [7, 11) is -4.11. The summed E-state index contributed by atoms with van der Waals surface area (Å²) in [5, 5.41) is 30.5. The van der Waals surface area contributed by atoms with E-state index >= 15 is 0 Å². The van der Waals surface area contributed by atoms with Crippen LogP contribution in [0.3, 0.4) is 0 Å². The maximum absolute atomic E-state index is 13.2. The van der Waals surface area contributed by atoms with Gasteiger partial charge in [0.25, 0.3) is 0 Å². The van der Waals surface area contributed by atoms with Crippen molar-refractivity contribution in [3.63, 3.8) is 0 Å². The van der Waals surface area contributed by atoms with E-state index in [1.54, 1.807) is 17.5 Å². The van der Waals surface area contributed by atoms with Gasteiger partial charge in [0.2, 0.25) is 5.78 Å². The Hall–Kier alpha value is -2.39. The van der Waals surface area contributed by atoms with Gasteiger partial charge in [-0.2, -0.15) is 8.42 Å². The monoisotopic (exact) mass is 528 g/mol. The van der Waals surface area contributed by atoms with E-state index in [9.17, 15) is 23.4 Å². The summed E-state index contributed by atoms with van der Waals surface area (Å²) in [6, 6.07) is 4.35. The topological polar surface area (TPSA) is 178 Å². The fourth-order valence-electron chi connectivity index (χ4n) is 3.77. The fourth-order valence-corrected chi connectivity index (χ4v) is 5.17. The lowest BCUT2D eigenvalue weighted by Crippen LogP contribution is -2.24. The van der Waals surface area contributed by atoms with Crippen molar-refractivity contribution in [2.24, 2.45) is 11.1 Å². The molecule has 0 unspecified atom stereocenters. The van der Waals surface area contributed by atoms with E-state index < -0.39 is 28.4 Å². The minimum atomic E-state index is -4.11. The standard InChI is InChI=1S/C20H21ClN4O7S2/c21-17-2-1-15(32-17)18(27)11-4-16(33-8-11)19(28)13-6-23-9-24-20(13)25-12-3-10(14(26)5-12)7-31-34(22,29)30/h1-2,4,6,8-10,12,14,18,26-27H,3,5,7H2,(H2,22,29,30)(H,23,24,25)/t10-,12-,14-,18-/m1/s1. The Morgan fingerprint density at radius 2 is 2.21 bits per heavy atom. The van der Waals surface area contributed by atoms with Crippen molar-refractivity contribution in [1.29, 1.82) is 0 Å². The molecule has 5 N–H and O–H groups in total. The second kappa shape index (κ2) is 10.1. The molecule has 1 aliphatic rings. The quantitative estimate of drug-likeness (QED) is 0.299. The number of aromatic nitrogens is 2. The minimum Gasteiger partial charge on any atom is -0.447 e. The van der Waals surface area contributed by atoms with Crippen LogP contribution in [0.15, 0.2) is 40.5 Å². The predicted molar refractivity (Wildman–Crippen MR) is 123 cm³/mol. The number of rotatable bonds is 9. The Labute approximate surface area is 203 Å². The lowest BCUT2D eigenvalue weighted by molar-refractivity contribution is 0.101. The highest BCUT2D eigenvalue weighted by molar-refractivity contribution is 7.84. The molecule has 0 bridgehead atoms. The number of nitrogens with one attached hydrogen (secondary N) is 1. The van der Waals surface area contributed by atoms with E-state index in [4.69, 9.17) is 21.2 Å². The minimum absolute atomic E-state index is 0.146. The first-order valence-electron chi connectivity index (χ1n) is 10.1. The third-order valence-corrected chi connectivity index (χ3v) is 7.04. The Balaban J connectivity index is 1.46. The highest BCUT2D eigenvalue weighted by atomic mass is 35.5. The number of hydrogen-bond acceptors (Lipinski definition) is 11. The van der Waals surface area contributed by atoms with E-state index in [2.05, 4.69) is 19.5 Å². The van der Waals surface area contributed by atoms with Gasteiger partial charge >= 0.3 is 10.3 Å². The van der Waals surface area contributed by atoms with Crippen molar-refractivity contribution in [3.05, 3.63) is 63.1 Å². The molecule has 0 amide bonds. The summed E-state index contributed by atoms with van der Waals surface area (Å²) < 4.78 is 31.9. The number of carbonyl (C=O) groups excluding carboxylic acids is 1. The van der Waals surface area contributed by atoms with Gasteiger partial charge in [0.1, 0.15) is 24.0 Å². The number of nitrogens with two attached hydrogens (primary N) is 1. The number of nitrogens with zero attached hydrogens (tertiary/aromatic N) is 2. The number of carbonyl (C=O) groups is 1. The molecule has 34 heavy (non-hydrogen) atoms. The van der Waals surface area contributed by atoms with Crippen LogP contribution in [0.1, 0.15) is 45.5 Å². The first-order chi connectivity index (χ1) is 16.1. The molecule has 0 radical (unpaired) electrons. The zero-order valence-corrected chi connectivity index (χ0v) is 19.9. The molecule has 0 aliphatic heterocycles. The largest absolute Gasteiger partial charge is 0.447 e. The molecular formula is C20H21ClN4O7S2. The van der Waals surface area contributed by atoms with E-state index in [0.717, 1.165) is 11.3 Å². The SMILES string of the molecule is NS(=O)(=O)OC[C@H]1C[C@@H](Nc2ncncc2C(=O)c2cc([C@@H](O)c3ccc(Cl)o3)cs2)C[C@H]1O. The van der Waals surface area contributed by atoms with Crippen LogP contribution in [-0.2, 0) is 14.5 Å². The second-order valence-electron chi connectivity index (χ2n) is 7.82. The van der Waals surface area contributed by atoms with E-state index in [0.29, 0.717) is 23.3 Å². The van der Waals surface area contributed by atoms with Crippen LogP contribution < -0.4 is 10.5 Å². The summed E-state index contributed by atoms with van der Waals surface area (Å²) in [6.07, 6.45) is 1.47. The van der Waals surface area contributed by atoms with Crippen LogP contribution in [0.4, 0.5) is 5.82 Å². The van der Waals surface area contributed by atoms with Gasteiger partial charge in [0, 0.05) is 18.2 Å². The maximum Gasteiger partial charge on any atom is 0.333 e. The van der Waals surface area contributed by atoms with Gasteiger partial charge in [-0.15, -0.1) is 11.3 Å².